The Kier molecular flexibility index (Phi) is 7.26. The van der Waals surface area contributed by atoms with E-state index in [-0.39, 0.29) is 41.5 Å². The highest BCUT2D eigenvalue weighted by Crippen LogP contribution is 2.78. The fraction of sp³-hybridized carbons (Fsp3) is 0.525. The first-order valence-electron chi connectivity index (χ1n) is 17.5. The summed E-state index contributed by atoms with van der Waals surface area (Å²) >= 11 is 1.53. The van der Waals surface area contributed by atoms with Crippen molar-refractivity contribution in [2.24, 2.45) is 33.5 Å². The maximum atomic E-state index is 14.7. The van der Waals surface area contributed by atoms with Crippen molar-refractivity contribution >= 4 is 37.9 Å². The molecule has 3 fully saturated rings. The number of Topliss-reactive ketones (excluding diaryl/α,β-unsaturated/α-hetero) is 1. The molecule has 3 aromatic rings. The zero-order chi connectivity index (χ0) is 33.9. The van der Waals surface area contributed by atoms with Gasteiger partial charge >= 0.3 is 0 Å². The van der Waals surface area contributed by atoms with E-state index < -0.39 is 32.6 Å². The van der Waals surface area contributed by atoms with Crippen molar-refractivity contribution in [2.45, 2.75) is 84.0 Å². The maximum Gasteiger partial charge on any atom is 0.211 e. The van der Waals surface area contributed by atoms with Gasteiger partial charge in [0.15, 0.2) is 5.78 Å². The summed E-state index contributed by atoms with van der Waals surface area (Å²) in [6.07, 6.45) is 12.8. The number of fused-ring (bicyclic) bond motifs is 2. The second-order valence-electron chi connectivity index (χ2n) is 16.2. The van der Waals surface area contributed by atoms with E-state index in [1.807, 2.05) is 61.5 Å². The topological polar surface area (TPSA) is 94.9 Å². The second kappa shape index (κ2) is 10.7. The average molecular weight is 686 g/mol. The van der Waals surface area contributed by atoms with Crippen molar-refractivity contribution in [3.05, 3.63) is 93.7 Å². The molecule has 3 saturated carbocycles. The summed E-state index contributed by atoms with van der Waals surface area (Å²) < 4.78 is 28.4. The van der Waals surface area contributed by atoms with Crippen LogP contribution in [-0.4, -0.2) is 53.2 Å². The highest BCUT2D eigenvalue weighted by atomic mass is 32.2. The Balaban J connectivity index is 1.21. The van der Waals surface area contributed by atoms with Crippen LogP contribution in [0.25, 0.3) is 10.8 Å². The first-order chi connectivity index (χ1) is 22.7. The number of aliphatic hydroxyl groups is 2. The number of rotatable bonds is 7. The molecule has 8 heteroatoms. The number of allylic oxidation sites excluding steroid dienone is 4. The van der Waals surface area contributed by atoms with Crippen LogP contribution in [0.4, 0.5) is 0 Å². The van der Waals surface area contributed by atoms with Crippen LogP contribution in [0.2, 0.25) is 0 Å². The maximum absolute atomic E-state index is 14.7. The highest BCUT2D eigenvalue weighted by molar-refractivity contribution is 7.88. The van der Waals surface area contributed by atoms with E-state index in [2.05, 4.69) is 32.1 Å². The van der Waals surface area contributed by atoms with E-state index in [9.17, 15) is 23.4 Å². The number of carbonyl (C=O) groups is 1. The summed E-state index contributed by atoms with van der Waals surface area (Å²) in [6, 6.07) is 17.9. The number of carbonyl (C=O) groups excluding carboxylic acids is 1. The van der Waals surface area contributed by atoms with Gasteiger partial charge in [0.05, 0.1) is 22.8 Å². The lowest BCUT2D eigenvalue weighted by atomic mass is 9.32. The number of aliphatic hydroxyl groups excluding tert-OH is 1. The van der Waals surface area contributed by atoms with Crippen LogP contribution >= 0.6 is 11.3 Å². The van der Waals surface area contributed by atoms with Crippen molar-refractivity contribution < 1.29 is 23.4 Å². The number of nitrogens with zero attached hydrogens (tertiary/aromatic N) is 1. The number of ketones is 1. The molecule has 0 amide bonds. The van der Waals surface area contributed by atoms with Crippen molar-refractivity contribution in [3.8, 4) is 0 Å². The molecule has 8 atom stereocenters. The largest absolute Gasteiger partial charge is 0.393 e. The zero-order valence-corrected chi connectivity index (χ0v) is 30.0. The molecule has 1 aromatic heterocycles. The van der Waals surface area contributed by atoms with Crippen molar-refractivity contribution in [3.63, 3.8) is 0 Å². The van der Waals surface area contributed by atoms with Crippen LogP contribution in [0.1, 0.15) is 78.9 Å². The van der Waals surface area contributed by atoms with Gasteiger partial charge in [-0.2, -0.15) is 4.31 Å². The van der Waals surface area contributed by atoms with Gasteiger partial charge in [-0.1, -0.05) is 74.5 Å². The van der Waals surface area contributed by atoms with E-state index in [1.54, 1.807) is 0 Å². The van der Waals surface area contributed by atoms with Crippen LogP contribution in [0.3, 0.4) is 0 Å². The quantitative estimate of drug-likeness (QED) is 0.199. The first-order valence-corrected chi connectivity index (χ1v) is 20.2. The van der Waals surface area contributed by atoms with Gasteiger partial charge in [0, 0.05) is 39.8 Å². The number of sulfonamides is 1. The highest BCUT2D eigenvalue weighted by Gasteiger charge is 2.74. The molecule has 6 aliphatic carbocycles. The summed E-state index contributed by atoms with van der Waals surface area (Å²) in [6.45, 7) is 6.77. The predicted molar refractivity (Wildman–Crippen MR) is 191 cm³/mol. The van der Waals surface area contributed by atoms with Gasteiger partial charge in [-0.05, 0) is 97.6 Å². The van der Waals surface area contributed by atoms with Gasteiger partial charge in [-0.25, -0.2) is 8.42 Å². The summed E-state index contributed by atoms with van der Waals surface area (Å²) in [5.41, 5.74) is -1.23. The Morgan fingerprint density at radius 1 is 0.938 bits per heavy atom. The average Bonchev–Trinajstić information content (AvgIpc) is 3.60. The van der Waals surface area contributed by atoms with Crippen LogP contribution in [0, 0.1) is 40.4 Å². The second-order valence-corrected chi connectivity index (χ2v) is 19.5. The monoisotopic (exact) mass is 685 g/mol. The molecule has 2 spiro atoms. The number of hydrogen-bond acceptors (Lipinski definition) is 6. The van der Waals surface area contributed by atoms with Gasteiger partial charge in [0.1, 0.15) is 0 Å². The molecule has 9 rings (SSSR count). The third-order valence-electron chi connectivity index (χ3n) is 14.1. The first kappa shape index (κ1) is 32.6. The van der Waals surface area contributed by atoms with Crippen LogP contribution in [0.15, 0.2) is 78.4 Å². The normalized spacial score (nSPS) is 38.5. The van der Waals surface area contributed by atoms with Crippen LogP contribution in [0.5, 0.6) is 0 Å². The van der Waals surface area contributed by atoms with Crippen molar-refractivity contribution in [2.75, 3.05) is 12.8 Å². The van der Waals surface area contributed by atoms with Gasteiger partial charge in [-0.3, -0.25) is 4.79 Å². The summed E-state index contributed by atoms with van der Waals surface area (Å²) in [5.74, 6) is 0.217. The lowest BCUT2D eigenvalue weighted by molar-refractivity contribution is -0.173. The molecule has 0 saturated heterocycles. The molecule has 254 valence electrons. The Morgan fingerprint density at radius 2 is 1.65 bits per heavy atom. The molecule has 6 aliphatic rings. The Bertz CT molecular complexity index is 1990. The van der Waals surface area contributed by atoms with E-state index in [0.717, 1.165) is 57.3 Å². The molecule has 6 nitrogen and oxygen atoms in total. The van der Waals surface area contributed by atoms with Gasteiger partial charge in [0.25, 0.3) is 0 Å². The number of thiophene rings is 1. The van der Waals surface area contributed by atoms with Crippen molar-refractivity contribution in [1.82, 2.24) is 4.31 Å². The number of aryl methyl sites for hydroxylation is 1. The van der Waals surface area contributed by atoms with E-state index in [4.69, 9.17) is 0 Å². The fourth-order valence-corrected chi connectivity index (χ4v) is 13.1. The summed E-state index contributed by atoms with van der Waals surface area (Å²) in [5, 5.41) is 25.9. The molecule has 2 bridgehead atoms. The third kappa shape index (κ3) is 4.38. The minimum Gasteiger partial charge on any atom is -0.393 e. The number of hydrogen-bond donors (Lipinski definition) is 2. The molecule has 2 N–H and O–H groups in total. The van der Waals surface area contributed by atoms with E-state index in [1.165, 1.54) is 21.9 Å². The molecule has 2 aromatic carbocycles. The zero-order valence-electron chi connectivity index (χ0n) is 28.4. The van der Waals surface area contributed by atoms with E-state index >= 15 is 0 Å². The van der Waals surface area contributed by atoms with Gasteiger partial charge in [-0.15, -0.1) is 11.3 Å². The lowest BCUT2D eigenvalue weighted by Crippen LogP contribution is -2.67. The van der Waals surface area contributed by atoms with E-state index in [0.29, 0.717) is 19.3 Å². The summed E-state index contributed by atoms with van der Waals surface area (Å²) in [7, 11) is -3.68. The molecule has 1 heterocycles. The standard InChI is InChI=1S/C40H47NO5S2/c1-26-12-13-32(47-26)35(43)31-23-38-20-21-40(31)33(36(38,2)17-14-29(42)22-38)15-18-37(3)34(40)16-19-39(37,44)25-41(48(4,45)46)24-28-10-7-9-27-8-5-6-11-30(27)28/h5-13,20-21,23,29,33-34,42,44H,14-19,22,24-25H2,1-4H3. The van der Waals surface area contributed by atoms with Crippen molar-refractivity contribution in [1.29, 1.82) is 0 Å². The SMILES string of the molecule is Cc1ccc(C(=O)C2=CC34C=CC25C(CCC2(C)C5CCC2(O)CN(Cc2cccc5ccccc25)S(C)(=O)=O)C3(C)CCC(O)C4)s1. The fourth-order valence-electron chi connectivity index (χ4n) is 11.5. The van der Waals surface area contributed by atoms with Crippen LogP contribution in [-0.2, 0) is 16.6 Å². The lowest BCUT2D eigenvalue weighted by Gasteiger charge is -2.71. The minimum absolute atomic E-state index is 0.0109. The number of benzene rings is 2. The Morgan fingerprint density at radius 3 is 2.40 bits per heavy atom. The Hall–Kier alpha value is -2.62. The van der Waals surface area contributed by atoms with Gasteiger partial charge < -0.3 is 10.2 Å². The third-order valence-corrected chi connectivity index (χ3v) is 16.2. The smallest absolute Gasteiger partial charge is 0.211 e. The molecule has 0 radical (unpaired) electrons. The summed E-state index contributed by atoms with van der Waals surface area (Å²) in [4.78, 5) is 16.5. The predicted octanol–water partition coefficient (Wildman–Crippen LogP) is 7.45. The molecule has 0 aliphatic heterocycles. The molecular weight excluding hydrogens is 639 g/mol. The minimum atomic E-state index is -3.68. The molecule has 8 unspecified atom stereocenters. The molecular formula is C40H47NO5S2. The molecule has 48 heavy (non-hydrogen) atoms. The Labute approximate surface area is 288 Å². The van der Waals surface area contributed by atoms with Gasteiger partial charge in [0.2, 0.25) is 10.0 Å². The van der Waals surface area contributed by atoms with Crippen LogP contribution < -0.4 is 0 Å².